The van der Waals surface area contributed by atoms with Gasteiger partial charge in [0.25, 0.3) is 0 Å². The lowest BCUT2D eigenvalue weighted by molar-refractivity contribution is -0.167. The molecule has 0 spiro atoms. The molecule has 6 nitrogen and oxygen atoms in total. The minimum absolute atomic E-state index is 0.101. The Morgan fingerprint density at radius 3 is 0.797 bits per heavy atom. The fourth-order valence-corrected chi connectivity index (χ4v) is 8.53. The van der Waals surface area contributed by atoms with Crippen molar-refractivity contribution in [2.45, 2.75) is 284 Å². The number of carbonyl (C=O) groups excluding carboxylic acids is 3. The van der Waals surface area contributed by atoms with Crippen LogP contribution in [0.3, 0.4) is 0 Å². The van der Waals surface area contributed by atoms with Crippen LogP contribution in [0.25, 0.3) is 0 Å². The van der Waals surface area contributed by atoms with Crippen molar-refractivity contribution in [3.63, 3.8) is 0 Å². The van der Waals surface area contributed by atoms with E-state index in [1.54, 1.807) is 0 Å². The highest BCUT2D eigenvalue weighted by Crippen LogP contribution is 2.15. The summed E-state index contributed by atoms with van der Waals surface area (Å²) in [6, 6.07) is 0. The Balaban J connectivity index is 4.37. The number of allylic oxidation sites excluding steroid dienone is 24. The summed E-state index contributed by atoms with van der Waals surface area (Å²) in [4.78, 5) is 38.3. The number of unbranched alkanes of at least 4 members (excludes halogenated alkanes) is 22. The van der Waals surface area contributed by atoms with Gasteiger partial charge in [0.05, 0.1) is 0 Å². The third-order valence-corrected chi connectivity index (χ3v) is 13.3. The number of rotatable bonds is 57. The SMILES string of the molecule is CC/C=C\C/C=C\C/C=C\C/C=C\C/C=C\C/C=C\CCCCCCCCCCCCC(=O)OCC(COC(=O)CCCCCCC/C=C\CCCCCC)OC(=O)CCCCC/C=C\C/C=C\C/C=C\C/C=C\C/C=C\CC. The first-order chi connectivity index (χ1) is 39.0. The molecule has 0 aliphatic heterocycles. The molecule has 0 fully saturated rings. The molecule has 0 amide bonds. The average Bonchev–Trinajstić information content (AvgIpc) is 3.45. The van der Waals surface area contributed by atoms with Crippen molar-refractivity contribution < 1.29 is 28.6 Å². The van der Waals surface area contributed by atoms with Crippen LogP contribution < -0.4 is 0 Å². The smallest absolute Gasteiger partial charge is 0.306 e. The lowest BCUT2D eigenvalue weighted by Crippen LogP contribution is -2.30. The van der Waals surface area contributed by atoms with Crippen LogP contribution >= 0.6 is 0 Å². The fourth-order valence-electron chi connectivity index (χ4n) is 8.53. The molecule has 79 heavy (non-hydrogen) atoms. The Labute approximate surface area is 487 Å². The normalized spacial score (nSPS) is 13.1. The summed E-state index contributed by atoms with van der Waals surface area (Å²) in [5.41, 5.74) is 0. The molecule has 0 saturated heterocycles. The van der Waals surface area contributed by atoms with Crippen LogP contribution in [0, 0.1) is 0 Å². The summed E-state index contributed by atoms with van der Waals surface area (Å²) >= 11 is 0. The molecule has 0 N–H and O–H groups in total. The summed E-state index contributed by atoms with van der Waals surface area (Å²) < 4.78 is 16.9. The lowest BCUT2D eigenvalue weighted by atomic mass is 10.1. The molecule has 446 valence electrons. The number of carbonyl (C=O) groups is 3. The second-order valence-electron chi connectivity index (χ2n) is 20.9. The van der Waals surface area contributed by atoms with Gasteiger partial charge in [-0.15, -0.1) is 0 Å². The topological polar surface area (TPSA) is 78.9 Å². The van der Waals surface area contributed by atoms with Gasteiger partial charge in [-0.1, -0.05) is 263 Å². The predicted molar refractivity (Wildman–Crippen MR) is 343 cm³/mol. The van der Waals surface area contributed by atoms with Crippen molar-refractivity contribution in [1.29, 1.82) is 0 Å². The van der Waals surface area contributed by atoms with Crippen LogP contribution in [-0.4, -0.2) is 37.2 Å². The van der Waals surface area contributed by atoms with Crippen molar-refractivity contribution in [1.82, 2.24) is 0 Å². The van der Waals surface area contributed by atoms with Crippen LogP contribution in [0.5, 0.6) is 0 Å². The zero-order chi connectivity index (χ0) is 57.1. The van der Waals surface area contributed by atoms with Crippen molar-refractivity contribution in [3.05, 3.63) is 146 Å². The van der Waals surface area contributed by atoms with Crippen molar-refractivity contribution in [3.8, 4) is 0 Å². The largest absolute Gasteiger partial charge is 0.462 e. The zero-order valence-corrected chi connectivity index (χ0v) is 51.1. The predicted octanol–water partition coefficient (Wildman–Crippen LogP) is 22.3. The van der Waals surface area contributed by atoms with E-state index in [-0.39, 0.29) is 37.5 Å². The van der Waals surface area contributed by atoms with Crippen LogP contribution in [0.15, 0.2) is 146 Å². The van der Waals surface area contributed by atoms with E-state index in [1.807, 2.05) is 0 Å². The van der Waals surface area contributed by atoms with Crippen LogP contribution in [-0.2, 0) is 28.6 Å². The van der Waals surface area contributed by atoms with Crippen LogP contribution in [0.1, 0.15) is 278 Å². The van der Waals surface area contributed by atoms with Gasteiger partial charge in [-0.05, 0) is 141 Å². The standard InChI is InChI=1S/C73H118O6/c1-4-7-10-13-16-19-22-25-27-29-31-32-33-34-35-36-37-38-39-40-42-43-45-48-51-54-57-60-63-66-72(75)78-69-70(68-77-71(74)65-62-59-56-53-50-47-24-21-18-15-12-9-6-3)79-73(76)67-64-61-58-55-52-49-46-44-41-30-28-26-23-20-17-14-11-8-5-2/h7-8,10-11,16-17,19-21,24-28,31-32,34-35,37-38,41,44,49,52,70H,4-6,9,12-15,18,22-23,29-30,33,36,39-40,42-43,45-48,50-51,53-69H2,1-3H3/b10-7-,11-8-,19-16-,20-17-,24-21-,27-25-,28-26-,32-31-,35-34-,38-37-,44-41-,52-49-. The minimum Gasteiger partial charge on any atom is -0.462 e. The molecule has 0 rings (SSSR count). The number of esters is 3. The van der Waals surface area contributed by atoms with E-state index < -0.39 is 6.10 Å². The molecule has 1 atom stereocenters. The molecule has 0 aliphatic carbocycles. The number of ether oxygens (including phenoxy) is 3. The molecule has 0 aliphatic rings. The molecule has 0 aromatic carbocycles. The Hall–Kier alpha value is -4.71. The summed E-state index contributed by atoms with van der Waals surface area (Å²) in [7, 11) is 0. The molecule has 0 aromatic heterocycles. The molecule has 0 bridgehead atoms. The van der Waals surface area contributed by atoms with Gasteiger partial charge in [0, 0.05) is 19.3 Å². The molecule has 0 radical (unpaired) electrons. The highest BCUT2D eigenvalue weighted by atomic mass is 16.6. The molecule has 0 saturated carbocycles. The van der Waals surface area contributed by atoms with Crippen molar-refractivity contribution in [2.24, 2.45) is 0 Å². The maximum atomic E-state index is 12.9. The second kappa shape index (κ2) is 65.8. The van der Waals surface area contributed by atoms with Gasteiger partial charge in [0.1, 0.15) is 13.2 Å². The fraction of sp³-hybridized carbons (Fsp3) is 0.630. The first-order valence-corrected chi connectivity index (χ1v) is 32.3. The summed E-state index contributed by atoms with van der Waals surface area (Å²) in [5, 5.41) is 0. The van der Waals surface area contributed by atoms with Crippen molar-refractivity contribution in [2.75, 3.05) is 13.2 Å². The van der Waals surface area contributed by atoms with E-state index in [0.29, 0.717) is 12.8 Å². The van der Waals surface area contributed by atoms with E-state index in [2.05, 4.69) is 167 Å². The molecule has 1 unspecified atom stereocenters. The molecule has 0 heterocycles. The average molecular weight is 1090 g/mol. The van der Waals surface area contributed by atoms with Gasteiger partial charge < -0.3 is 14.2 Å². The maximum Gasteiger partial charge on any atom is 0.306 e. The Kier molecular flexibility index (Phi) is 61.9. The van der Waals surface area contributed by atoms with Gasteiger partial charge in [0.2, 0.25) is 0 Å². The Bertz CT molecular complexity index is 1730. The zero-order valence-electron chi connectivity index (χ0n) is 51.1. The summed E-state index contributed by atoms with van der Waals surface area (Å²) in [6.07, 6.45) is 94.2. The van der Waals surface area contributed by atoms with Gasteiger partial charge >= 0.3 is 17.9 Å². The number of hydrogen-bond acceptors (Lipinski definition) is 6. The lowest BCUT2D eigenvalue weighted by Gasteiger charge is -2.18. The first-order valence-electron chi connectivity index (χ1n) is 32.3. The van der Waals surface area contributed by atoms with Gasteiger partial charge in [-0.2, -0.15) is 0 Å². The number of hydrogen-bond donors (Lipinski definition) is 0. The molecular formula is C73H118O6. The van der Waals surface area contributed by atoms with E-state index in [1.165, 1.54) is 89.9 Å². The highest BCUT2D eigenvalue weighted by molar-refractivity contribution is 5.71. The minimum atomic E-state index is -0.807. The van der Waals surface area contributed by atoms with Gasteiger partial charge in [-0.3, -0.25) is 14.4 Å². The Morgan fingerprint density at radius 2 is 0.494 bits per heavy atom. The molecule has 0 aromatic rings. The monoisotopic (exact) mass is 1090 g/mol. The quantitative estimate of drug-likeness (QED) is 0.0261. The van der Waals surface area contributed by atoms with E-state index in [0.717, 1.165) is 148 Å². The Morgan fingerprint density at radius 1 is 0.266 bits per heavy atom. The third-order valence-electron chi connectivity index (χ3n) is 13.3. The van der Waals surface area contributed by atoms with Gasteiger partial charge in [0.15, 0.2) is 6.10 Å². The highest BCUT2D eigenvalue weighted by Gasteiger charge is 2.19. The first kappa shape index (κ1) is 74.3. The van der Waals surface area contributed by atoms with Crippen LogP contribution in [0.2, 0.25) is 0 Å². The van der Waals surface area contributed by atoms with E-state index >= 15 is 0 Å². The van der Waals surface area contributed by atoms with Gasteiger partial charge in [-0.25, -0.2) is 0 Å². The molecular weight excluding hydrogens is 973 g/mol. The van der Waals surface area contributed by atoms with E-state index in [9.17, 15) is 14.4 Å². The van der Waals surface area contributed by atoms with Crippen LogP contribution in [0.4, 0.5) is 0 Å². The maximum absolute atomic E-state index is 12.9. The van der Waals surface area contributed by atoms with E-state index in [4.69, 9.17) is 14.2 Å². The van der Waals surface area contributed by atoms with Crippen molar-refractivity contribution >= 4 is 17.9 Å². The third kappa shape index (κ3) is 64.0. The second-order valence-corrected chi connectivity index (χ2v) is 20.9. The summed E-state index contributed by atoms with van der Waals surface area (Å²) in [5.74, 6) is -0.946. The molecule has 6 heteroatoms. The summed E-state index contributed by atoms with van der Waals surface area (Å²) in [6.45, 7) is 6.36.